The van der Waals surface area contributed by atoms with Gasteiger partial charge in [0.25, 0.3) is 0 Å². The number of hydrogen-bond donors (Lipinski definition) is 1. The van der Waals surface area contributed by atoms with Crippen LogP contribution in [0, 0.1) is 12.7 Å². The topological polar surface area (TPSA) is 72.7 Å². The highest BCUT2D eigenvalue weighted by atomic mass is 35.5. The van der Waals surface area contributed by atoms with E-state index in [1.54, 1.807) is 41.2 Å². The number of nitrogens with zero attached hydrogens (tertiary/aromatic N) is 4. The number of carbonyl (C=O) groups is 1. The summed E-state index contributed by atoms with van der Waals surface area (Å²) in [6.45, 7) is 1.85. The van der Waals surface area contributed by atoms with E-state index in [9.17, 15) is 9.18 Å². The van der Waals surface area contributed by atoms with Gasteiger partial charge in [0, 0.05) is 10.7 Å². The highest BCUT2D eigenvalue weighted by Crippen LogP contribution is 2.27. The van der Waals surface area contributed by atoms with Crippen molar-refractivity contribution >= 4 is 46.0 Å². The van der Waals surface area contributed by atoms with E-state index >= 15 is 0 Å². The summed E-state index contributed by atoms with van der Waals surface area (Å²) in [6, 6.07) is 11.3. The fourth-order valence-corrected chi connectivity index (χ4v) is 3.71. The van der Waals surface area contributed by atoms with Gasteiger partial charge in [0.05, 0.1) is 23.0 Å². The van der Waals surface area contributed by atoms with E-state index in [-0.39, 0.29) is 17.5 Å². The van der Waals surface area contributed by atoms with Crippen molar-refractivity contribution in [2.45, 2.75) is 11.9 Å². The van der Waals surface area contributed by atoms with Crippen LogP contribution in [0.15, 0.2) is 60.0 Å². The van der Waals surface area contributed by atoms with Crippen molar-refractivity contribution in [2.24, 2.45) is 0 Å². The van der Waals surface area contributed by atoms with Crippen LogP contribution < -0.4 is 5.32 Å². The average Bonchev–Trinajstić information content (AvgIpc) is 3.15. The van der Waals surface area contributed by atoms with Gasteiger partial charge in [0.2, 0.25) is 5.91 Å². The zero-order chi connectivity index (χ0) is 20.4. The van der Waals surface area contributed by atoms with Crippen molar-refractivity contribution in [3.63, 3.8) is 0 Å². The first-order valence-corrected chi connectivity index (χ1v) is 10.0. The lowest BCUT2D eigenvalue weighted by atomic mass is 10.2. The summed E-state index contributed by atoms with van der Waals surface area (Å²) in [5.41, 5.74) is 2.77. The molecule has 6 nitrogen and oxygen atoms in total. The van der Waals surface area contributed by atoms with Crippen molar-refractivity contribution in [2.75, 3.05) is 11.1 Å². The molecule has 29 heavy (non-hydrogen) atoms. The minimum Gasteiger partial charge on any atom is -0.325 e. The lowest BCUT2D eigenvalue weighted by Gasteiger charge is -2.09. The van der Waals surface area contributed by atoms with Crippen LogP contribution in [-0.4, -0.2) is 31.4 Å². The first-order chi connectivity index (χ1) is 14.0. The Morgan fingerprint density at radius 2 is 2.00 bits per heavy atom. The lowest BCUT2D eigenvalue weighted by Crippen LogP contribution is -2.15. The Morgan fingerprint density at radius 1 is 1.21 bits per heavy atom. The maximum atomic E-state index is 13.2. The number of rotatable bonds is 5. The Kier molecular flexibility index (Phi) is 5.46. The molecular weight excluding hydrogens is 413 g/mol. The van der Waals surface area contributed by atoms with Crippen LogP contribution >= 0.6 is 23.4 Å². The summed E-state index contributed by atoms with van der Waals surface area (Å²) in [4.78, 5) is 20.9. The molecule has 4 aromatic rings. The number of hydrogen-bond acceptors (Lipinski definition) is 5. The SMILES string of the molecule is Cc1c(Cl)cccc1NC(=O)CSc1ncnc2c1cnn2-c1ccc(F)cc1. The minimum absolute atomic E-state index is 0.166. The molecular formula is C20H15ClFN5OS. The van der Waals surface area contributed by atoms with Crippen LogP contribution in [-0.2, 0) is 4.79 Å². The molecule has 0 bridgehead atoms. The van der Waals surface area contributed by atoms with Crippen LogP contribution in [0.25, 0.3) is 16.7 Å². The fraction of sp³-hybridized carbons (Fsp3) is 0.100. The molecule has 0 aliphatic heterocycles. The van der Waals surface area contributed by atoms with Gasteiger partial charge < -0.3 is 5.32 Å². The third kappa shape index (κ3) is 4.08. The normalized spacial score (nSPS) is 11.0. The van der Waals surface area contributed by atoms with E-state index < -0.39 is 0 Å². The molecule has 146 valence electrons. The van der Waals surface area contributed by atoms with Crippen LogP contribution in [0.2, 0.25) is 5.02 Å². The molecule has 0 radical (unpaired) electrons. The Balaban J connectivity index is 1.52. The van der Waals surface area contributed by atoms with Gasteiger partial charge in [0.15, 0.2) is 5.65 Å². The van der Waals surface area contributed by atoms with E-state index in [0.717, 1.165) is 5.56 Å². The van der Waals surface area contributed by atoms with Crippen molar-refractivity contribution in [3.05, 3.63) is 71.4 Å². The molecule has 9 heteroatoms. The number of halogens is 2. The second kappa shape index (κ2) is 8.18. The van der Waals surface area contributed by atoms with Crippen molar-refractivity contribution in [3.8, 4) is 5.69 Å². The van der Waals surface area contributed by atoms with E-state index in [1.165, 1.54) is 30.2 Å². The third-order valence-corrected chi connectivity index (χ3v) is 5.70. The zero-order valence-corrected chi connectivity index (χ0v) is 16.8. The number of benzene rings is 2. The number of aromatic nitrogens is 4. The molecule has 0 saturated carbocycles. The molecule has 0 saturated heterocycles. The Morgan fingerprint density at radius 3 is 2.79 bits per heavy atom. The van der Waals surface area contributed by atoms with Crippen LogP contribution in [0.3, 0.4) is 0 Å². The molecule has 4 rings (SSSR count). The second-order valence-corrected chi connectivity index (χ2v) is 7.57. The standard InChI is InChI=1S/C20H15ClFN5OS/c1-12-16(21)3-2-4-17(12)26-18(28)10-29-20-15-9-25-27(19(15)23-11-24-20)14-7-5-13(22)6-8-14/h2-9,11H,10H2,1H3,(H,26,28). The first kappa shape index (κ1) is 19.4. The Labute approximate surface area is 175 Å². The van der Waals surface area contributed by atoms with Gasteiger partial charge >= 0.3 is 0 Å². The van der Waals surface area contributed by atoms with Gasteiger partial charge in [-0.3, -0.25) is 4.79 Å². The van der Waals surface area contributed by atoms with E-state index in [1.807, 2.05) is 6.92 Å². The maximum Gasteiger partial charge on any atom is 0.234 e. The molecule has 0 aliphatic carbocycles. The maximum absolute atomic E-state index is 13.2. The van der Waals surface area contributed by atoms with Crippen molar-refractivity contribution in [1.82, 2.24) is 19.7 Å². The number of anilines is 1. The molecule has 0 spiro atoms. The average molecular weight is 428 g/mol. The van der Waals surface area contributed by atoms with Gasteiger partial charge in [0.1, 0.15) is 17.2 Å². The Bertz CT molecular complexity index is 1200. The highest BCUT2D eigenvalue weighted by molar-refractivity contribution is 8.00. The molecule has 2 aromatic heterocycles. The van der Waals surface area contributed by atoms with Gasteiger partial charge in [-0.05, 0) is 48.9 Å². The molecule has 0 unspecified atom stereocenters. The first-order valence-electron chi connectivity index (χ1n) is 8.65. The number of amides is 1. The van der Waals surface area contributed by atoms with Gasteiger partial charge in [-0.2, -0.15) is 5.10 Å². The largest absolute Gasteiger partial charge is 0.325 e. The Hall–Kier alpha value is -2.97. The van der Waals surface area contributed by atoms with Crippen LogP contribution in [0.4, 0.5) is 10.1 Å². The van der Waals surface area contributed by atoms with E-state index in [4.69, 9.17) is 11.6 Å². The van der Waals surface area contributed by atoms with Crippen molar-refractivity contribution < 1.29 is 9.18 Å². The summed E-state index contributed by atoms with van der Waals surface area (Å²) >= 11 is 7.38. The summed E-state index contributed by atoms with van der Waals surface area (Å²) < 4.78 is 14.8. The predicted molar refractivity (Wildman–Crippen MR) is 112 cm³/mol. The van der Waals surface area contributed by atoms with Crippen LogP contribution in [0.5, 0.6) is 0 Å². The smallest absolute Gasteiger partial charge is 0.234 e. The number of thioether (sulfide) groups is 1. The monoisotopic (exact) mass is 427 g/mol. The summed E-state index contributed by atoms with van der Waals surface area (Å²) in [6.07, 6.45) is 3.06. The van der Waals surface area contributed by atoms with Gasteiger partial charge in [-0.25, -0.2) is 19.0 Å². The van der Waals surface area contributed by atoms with Gasteiger partial charge in [-0.1, -0.05) is 29.4 Å². The molecule has 1 N–H and O–H groups in total. The number of carbonyl (C=O) groups excluding carboxylic acids is 1. The molecule has 0 aliphatic rings. The summed E-state index contributed by atoms with van der Waals surface area (Å²) in [5, 5.41) is 9.15. The summed E-state index contributed by atoms with van der Waals surface area (Å²) in [7, 11) is 0. The van der Waals surface area contributed by atoms with Crippen LogP contribution in [0.1, 0.15) is 5.56 Å². The molecule has 0 fully saturated rings. The third-order valence-electron chi connectivity index (χ3n) is 4.28. The highest BCUT2D eigenvalue weighted by Gasteiger charge is 2.14. The second-order valence-electron chi connectivity index (χ2n) is 6.20. The number of nitrogens with one attached hydrogen (secondary N) is 1. The van der Waals surface area contributed by atoms with E-state index in [0.29, 0.717) is 32.5 Å². The van der Waals surface area contributed by atoms with Crippen molar-refractivity contribution in [1.29, 1.82) is 0 Å². The molecule has 0 atom stereocenters. The summed E-state index contributed by atoms with van der Waals surface area (Å²) in [5.74, 6) is -0.324. The quantitative estimate of drug-likeness (QED) is 0.371. The molecule has 1 amide bonds. The zero-order valence-electron chi connectivity index (χ0n) is 15.3. The molecule has 2 aromatic carbocycles. The minimum atomic E-state index is -0.322. The fourth-order valence-electron chi connectivity index (χ4n) is 2.77. The predicted octanol–water partition coefficient (Wildman–Crippen LogP) is 4.65. The van der Waals surface area contributed by atoms with E-state index in [2.05, 4.69) is 20.4 Å². The number of fused-ring (bicyclic) bond motifs is 1. The van der Waals surface area contributed by atoms with Gasteiger partial charge in [-0.15, -0.1) is 0 Å². The lowest BCUT2D eigenvalue weighted by molar-refractivity contribution is -0.113. The molecule has 2 heterocycles.